The smallest absolute Gasteiger partial charge is 0.410 e. The molecule has 0 aliphatic carbocycles. The summed E-state index contributed by atoms with van der Waals surface area (Å²) in [5.74, 6) is 0.529. The number of ether oxygens (including phenoxy) is 1. The van der Waals surface area contributed by atoms with Gasteiger partial charge in [-0.1, -0.05) is 0 Å². The van der Waals surface area contributed by atoms with Crippen LogP contribution in [-0.2, 0) is 4.74 Å². The van der Waals surface area contributed by atoms with Gasteiger partial charge in [-0.3, -0.25) is 0 Å². The largest absolute Gasteiger partial charge is 0.444 e. The van der Waals surface area contributed by atoms with E-state index in [1.165, 1.54) is 0 Å². The van der Waals surface area contributed by atoms with Gasteiger partial charge in [-0.25, -0.2) is 4.79 Å². The van der Waals surface area contributed by atoms with E-state index in [0.717, 1.165) is 39.1 Å². The Morgan fingerprint density at radius 3 is 2.26 bits per heavy atom. The van der Waals surface area contributed by atoms with E-state index < -0.39 is 11.0 Å². The molecule has 0 bridgehead atoms. The molecule has 23 heavy (non-hydrogen) atoms. The van der Waals surface area contributed by atoms with Crippen LogP contribution in [0.15, 0.2) is 0 Å². The normalized spacial score (nSPS) is 21.9. The van der Waals surface area contributed by atoms with E-state index in [1.807, 2.05) is 20.8 Å². The van der Waals surface area contributed by atoms with Crippen molar-refractivity contribution >= 4 is 6.09 Å². The number of carbonyl (C=O) groups excluding carboxylic acids is 1. The van der Waals surface area contributed by atoms with Gasteiger partial charge in [-0.15, -0.1) is 0 Å². The molecule has 2 rings (SSSR count). The average Bonchev–Trinajstić information content (AvgIpc) is 2.44. The summed E-state index contributed by atoms with van der Waals surface area (Å²) < 4.78 is 5.35. The lowest BCUT2D eigenvalue weighted by atomic mass is 9.81. The first kappa shape index (κ1) is 17.6. The zero-order valence-electron chi connectivity index (χ0n) is 14.3. The molecule has 6 heteroatoms. The van der Waals surface area contributed by atoms with E-state index in [9.17, 15) is 4.79 Å². The average molecular weight is 318 g/mol. The maximum absolute atomic E-state index is 11.9. The highest BCUT2D eigenvalue weighted by atomic mass is 16.6. The standard InChI is InChI=1S/C17H26N4O2/c1-16(2,3)23-15(22)21-10-14(11-21)4-7-20-8-5-17(12-18,13-19)6-9-20/h14H,4-11H2,1-3H3. The van der Waals surface area contributed by atoms with Crippen molar-refractivity contribution < 1.29 is 9.53 Å². The predicted octanol–water partition coefficient (Wildman–Crippen LogP) is 2.37. The van der Waals surface area contributed by atoms with Gasteiger partial charge < -0.3 is 14.5 Å². The summed E-state index contributed by atoms with van der Waals surface area (Å²) in [6, 6.07) is 4.33. The third-order valence-electron chi connectivity index (χ3n) is 4.60. The number of rotatable bonds is 3. The molecular weight excluding hydrogens is 292 g/mol. The number of hydrogen-bond acceptors (Lipinski definition) is 5. The van der Waals surface area contributed by atoms with Gasteiger partial charge in [0.15, 0.2) is 0 Å². The summed E-state index contributed by atoms with van der Waals surface area (Å²) in [7, 11) is 0. The van der Waals surface area contributed by atoms with E-state index >= 15 is 0 Å². The Morgan fingerprint density at radius 1 is 1.22 bits per heavy atom. The number of nitriles is 2. The molecule has 0 aromatic rings. The van der Waals surface area contributed by atoms with Gasteiger partial charge >= 0.3 is 6.09 Å². The molecule has 0 saturated carbocycles. The van der Waals surface area contributed by atoms with Crippen LogP contribution in [0.3, 0.4) is 0 Å². The fourth-order valence-electron chi connectivity index (χ4n) is 3.00. The van der Waals surface area contributed by atoms with Crippen LogP contribution in [0.5, 0.6) is 0 Å². The second-order valence-electron chi connectivity index (χ2n) is 7.69. The van der Waals surface area contributed by atoms with Crippen molar-refractivity contribution in [1.29, 1.82) is 10.5 Å². The monoisotopic (exact) mass is 318 g/mol. The summed E-state index contributed by atoms with van der Waals surface area (Å²) in [5.41, 5.74) is -1.22. The molecule has 0 spiro atoms. The van der Waals surface area contributed by atoms with Crippen LogP contribution in [0.25, 0.3) is 0 Å². The molecule has 6 nitrogen and oxygen atoms in total. The van der Waals surface area contributed by atoms with Crippen molar-refractivity contribution in [2.45, 2.75) is 45.6 Å². The lowest BCUT2D eigenvalue weighted by Gasteiger charge is -2.41. The van der Waals surface area contributed by atoms with Crippen LogP contribution in [-0.4, -0.2) is 54.2 Å². The molecule has 0 aromatic carbocycles. The van der Waals surface area contributed by atoms with Gasteiger partial charge in [0.05, 0.1) is 12.1 Å². The molecule has 0 radical (unpaired) electrons. The summed E-state index contributed by atoms with van der Waals surface area (Å²) in [6.07, 6.45) is 2.09. The first-order valence-corrected chi connectivity index (χ1v) is 8.30. The highest BCUT2D eigenvalue weighted by Crippen LogP contribution is 2.30. The van der Waals surface area contributed by atoms with Crippen molar-refractivity contribution in [3.05, 3.63) is 0 Å². The van der Waals surface area contributed by atoms with Gasteiger partial charge in [0, 0.05) is 26.2 Å². The SMILES string of the molecule is CC(C)(C)OC(=O)N1CC(CCN2CCC(C#N)(C#N)CC2)C1. The summed E-state index contributed by atoms with van der Waals surface area (Å²) >= 11 is 0. The molecule has 2 saturated heterocycles. The van der Waals surface area contributed by atoms with Crippen molar-refractivity contribution in [3.63, 3.8) is 0 Å². The number of nitrogens with zero attached hydrogens (tertiary/aromatic N) is 4. The maximum Gasteiger partial charge on any atom is 0.410 e. The lowest BCUT2D eigenvalue weighted by molar-refractivity contribution is -0.00389. The third kappa shape index (κ3) is 4.59. The number of hydrogen-bond donors (Lipinski definition) is 0. The van der Waals surface area contributed by atoms with Gasteiger partial charge in [0.2, 0.25) is 0 Å². The first-order valence-electron chi connectivity index (χ1n) is 8.30. The Bertz CT molecular complexity index is 496. The highest BCUT2D eigenvalue weighted by molar-refractivity contribution is 5.69. The van der Waals surface area contributed by atoms with E-state index in [1.54, 1.807) is 4.90 Å². The summed E-state index contributed by atoms with van der Waals surface area (Å²) in [5, 5.41) is 18.2. The second kappa shape index (κ2) is 6.76. The topological polar surface area (TPSA) is 80.4 Å². The Morgan fingerprint density at radius 2 is 1.78 bits per heavy atom. The minimum absolute atomic E-state index is 0.223. The molecule has 1 amide bonds. The lowest BCUT2D eigenvalue weighted by Crippen LogP contribution is -2.52. The molecular formula is C17H26N4O2. The Hall–Kier alpha value is -1.79. The van der Waals surface area contributed by atoms with Crippen LogP contribution in [0.2, 0.25) is 0 Å². The van der Waals surface area contributed by atoms with E-state index in [0.29, 0.717) is 18.8 Å². The molecule has 0 atom stereocenters. The number of piperidine rings is 1. The fraction of sp³-hybridized carbons (Fsp3) is 0.824. The van der Waals surface area contributed by atoms with E-state index in [2.05, 4.69) is 17.0 Å². The Labute approximate surface area is 138 Å². The van der Waals surface area contributed by atoms with Crippen LogP contribution >= 0.6 is 0 Å². The Balaban J connectivity index is 1.64. The zero-order chi connectivity index (χ0) is 17.1. The molecule has 2 heterocycles. The van der Waals surface area contributed by atoms with Crippen LogP contribution < -0.4 is 0 Å². The quantitative estimate of drug-likeness (QED) is 0.798. The summed E-state index contributed by atoms with van der Waals surface area (Å²) in [4.78, 5) is 15.9. The number of likely N-dealkylation sites (tertiary alicyclic amines) is 2. The molecule has 126 valence electrons. The van der Waals surface area contributed by atoms with Crippen molar-refractivity contribution in [1.82, 2.24) is 9.80 Å². The van der Waals surface area contributed by atoms with Gasteiger partial charge in [0.25, 0.3) is 0 Å². The van der Waals surface area contributed by atoms with Gasteiger partial charge in [0.1, 0.15) is 11.0 Å². The van der Waals surface area contributed by atoms with Crippen molar-refractivity contribution in [2.75, 3.05) is 32.7 Å². The third-order valence-corrected chi connectivity index (χ3v) is 4.60. The molecule has 2 aliphatic heterocycles. The minimum Gasteiger partial charge on any atom is -0.444 e. The zero-order valence-corrected chi connectivity index (χ0v) is 14.3. The van der Waals surface area contributed by atoms with E-state index in [-0.39, 0.29) is 6.09 Å². The number of amides is 1. The fourth-order valence-corrected chi connectivity index (χ4v) is 3.00. The van der Waals surface area contributed by atoms with Crippen LogP contribution in [0.4, 0.5) is 4.79 Å². The van der Waals surface area contributed by atoms with Gasteiger partial charge in [-0.05, 0) is 52.5 Å². The van der Waals surface area contributed by atoms with Crippen LogP contribution in [0.1, 0.15) is 40.0 Å². The second-order valence-corrected chi connectivity index (χ2v) is 7.69. The van der Waals surface area contributed by atoms with E-state index in [4.69, 9.17) is 15.3 Å². The minimum atomic E-state index is -0.777. The summed E-state index contributed by atoms with van der Waals surface area (Å²) in [6.45, 7) is 9.75. The molecule has 0 unspecified atom stereocenters. The Kier molecular flexibility index (Phi) is 5.16. The highest BCUT2D eigenvalue weighted by Gasteiger charge is 2.36. The van der Waals surface area contributed by atoms with Crippen molar-refractivity contribution in [2.24, 2.45) is 11.3 Å². The molecule has 0 N–H and O–H groups in total. The van der Waals surface area contributed by atoms with Crippen molar-refractivity contribution in [3.8, 4) is 12.1 Å². The molecule has 0 aromatic heterocycles. The van der Waals surface area contributed by atoms with Gasteiger partial charge in [-0.2, -0.15) is 10.5 Å². The first-order chi connectivity index (χ1) is 10.8. The maximum atomic E-state index is 11.9. The molecule has 2 fully saturated rings. The number of carbonyl (C=O) groups is 1. The predicted molar refractivity (Wildman–Crippen MR) is 85.2 cm³/mol. The van der Waals surface area contributed by atoms with Crippen LogP contribution in [0, 0.1) is 34.0 Å². The molecule has 2 aliphatic rings.